The molecule has 0 saturated carbocycles. The van der Waals surface area contributed by atoms with Crippen molar-refractivity contribution in [1.29, 1.82) is 0 Å². The predicted molar refractivity (Wildman–Crippen MR) is 144 cm³/mol. The van der Waals surface area contributed by atoms with Gasteiger partial charge in [0.05, 0.1) is 42.3 Å². The lowest BCUT2D eigenvalue weighted by Crippen LogP contribution is -3.00. The highest BCUT2D eigenvalue weighted by molar-refractivity contribution is 5.69. The van der Waals surface area contributed by atoms with Crippen LogP contribution in [0, 0.1) is 0 Å². The summed E-state index contributed by atoms with van der Waals surface area (Å²) < 4.78 is 7.40. The van der Waals surface area contributed by atoms with Gasteiger partial charge in [-0.25, -0.2) is 0 Å². The number of allylic oxidation sites excluding steroid dienone is 8. The minimum Gasteiger partial charge on any atom is -1.00 e. The van der Waals surface area contributed by atoms with Crippen LogP contribution in [0.25, 0.3) is 0 Å². The zero-order valence-electron chi connectivity index (χ0n) is 23.6. The molecular weight excluding hydrogens is 662 g/mol. The number of carbonyl (C=O) groups is 1. The monoisotopic (exact) mass is 716 g/mol. The molecule has 0 aromatic heterocycles. The Kier molecular flexibility index (Phi) is 27.1. The fraction of sp³-hybridized carbons (Fsp3) is 0.690. The molecule has 0 rings (SSSR count). The summed E-state index contributed by atoms with van der Waals surface area (Å²) in [6, 6.07) is 0. The molecule has 0 heterocycles. The molecule has 0 saturated heterocycles. The average molecular weight is 717 g/mol. The van der Waals surface area contributed by atoms with Gasteiger partial charge in [0, 0.05) is 6.42 Å². The third-order valence-corrected chi connectivity index (χ3v) is 5.01. The molecule has 0 aliphatic carbocycles. The average Bonchev–Trinajstić information content (AvgIpc) is 2.67. The van der Waals surface area contributed by atoms with Crippen molar-refractivity contribution in [2.24, 2.45) is 0 Å². The van der Waals surface area contributed by atoms with E-state index in [1.807, 2.05) is 0 Å². The van der Waals surface area contributed by atoms with Crippen LogP contribution in [0.3, 0.4) is 0 Å². The molecule has 0 aromatic rings. The van der Waals surface area contributed by atoms with E-state index in [1.54, 1.807) is 0 Å². The number of rotatable bonds is 19. The highest BCUT2D eigenvalue weighted by Gasteiger charge is 2.27. The number of unbranched alkanes of at least 4 members (excludes halogenated alkanes) is 4. The van der Waals surface area contributed by atoms with Crippen LogP contribution in [0.5, 0.6) is 0 Å². The van der Waals surface area contributed by atoms with Gasteiger partial charge < -0.3 is 61.7 Å². The lowest BCUT2D eigenvalue weighted by atomic mass is 10.2. The van der Waals surface area contributed by atoms with Gasteiger partial charge in [-0.3, -0.25) is 4.79 Å². The molecule has 0 atom stereocenters. The highest BCUT2D eigenvalue weighted by Crippen LogP contribution is 2.08. The molecule has 0 N–H and O–H groups in total. The molecule has 0 spiro atoms. The molecule has 206 valence electrons. The highest BCUT2D eigenvalue weighted by atomic mass is 127. The normalized spacial score (nSPS) is 12.7. The molecule has 0 fully saturated rings. The number of hydrogen-bond donors (Lipinski definition) is 0. The summed E-state index contributed by atoms with van der Waals surface area (Å²) in [6.45, 7) is 3.91. The first-order valence-electron chi connectivity index (χ1n) is 12.9. The standard InChI is InChI=1S/C29H54N2O2.2HI/c1-8-9-10-11-12-13-14-15-16-17-18-19-20-21-22-23-24-25-29(32)33-28(26-30(2,3)4)27-31(5,6)7;;/h12-13,15-16,18-19,21-22,28H,8-11,14,17,20,23-27H2,1-7H3;2*1H/q+2;;/p-2/b13-12-,16-15-,19-18-,22-21-;;. The number of esters is 1. The van der Waals surface area contributed by atoms with E-state index in [2.05, 4.69) is 97.8 Å². The van der Waals surface area contributed by atoms with Crippen molar-refractivity contribution in [2.75, 3.05) is 55.4 Å². The van der Waals surface area contributed by atoms with Gasteiger partial charge >= 0.3 is 5.97 Å². The van der Waals surface area contributed by atoms with Crippen molar-refractivity contribution in [3.63, 3.8) is 0 Å². The Morgan fingerprint density at radius 2 is 1.06 bits per heavy atom. The predicted octanol–water partition coefficient (Wildman–Crippen LogP) is 0.464. The first-order chi connectivity index (χ1) is 15.5. The van der Waals surface area contributed by atoms with Crippen LogP contribution >= 0.6 is 0 Å². The second-order valence-electron chi connectivity index (χ2n) is 11.0. The molecule has 0 bridgehead atoms. The number of halogens is 2. The lowest BCUT2D eigenvalue weighted by Gasteiger charge is -2.33. The fourth-order valence-corrected chi connectivity index (χ4v) is 3.52. The van der Waals surface area contributed by atoms with Gasteiger partial charge in [-0.15, -0.1) is 0 Å². The summed E-state index contributed by atoms with van der Waals surface area (Å²) in [5.74, 6) is -0.0715. The Morgan fingerprint density at radius 3 is 1.46 bits per heavy atom. The van der Waals surface area contributed by atoms with Crippen LogP contribution in [0.1, 0.15) is 71.1 Å². The van der Waals surface area contributed by atoms with Gasteiger partial charge in [-0.05, 0) is 44.9 Å². The molecule has 0 amide bonds. The quantitative estimate of drug-likeness (QED) is 0.0640. The Morgan fingerprint density at radius 1 is 0.657 bits per heavy atom. The number of ether oxygens (including phenoxy) is 1. The molecular formula is C29H54I2N2O2. The van der Waals surface area contributed by atoms with Gasteiger partial charge in [0.2, 0.25) is 0 Å². The summed E-state index contributed by atoms with van der Waals surface area (Å²) in [4.78, 5) is 12.3. The van der Waals surface area contributed by atoms with Gasteiger partial charge in [-0.2, -0.15) is 0 Å². The third kappa shape index (κ3) is 31.8. The first-order valence-corrected chi connectivity index (χ1v) is 12.9. The summed E-state index contributed by atoms with van der Waals surface area (Å²) in [5, 5.41) is 0. The molecule has 0 radical (unpaired) electrons. The van der Waals surface area contributed by atoms with Gasteiger partial charge in [0.25, 0.3) is 0 Å². The Labute approximate surface area is 252 Å². The molecule has 0 aromatic carbocycles. The SMILES string of the molecule is CCCCC/C=C\C/C=C\C/C=C\C/C=C\CCCC(=O)OC(C[N+](C)(C)C)C[N+](C)(C)C.[I-].[I-]. The Hall–Kier alpha value is -0.190. The minimum absolute atomic E-state index is 0. The zero-order chi connectivity index (χ0) is 25.0. The van der Waals surface area contributed by atoms with Crippen molar-refractivity contribution in [2.45, 2.75) is 77.2 Å². The van der Waals surface area contributed by atoms with Gasteiger partial charge in [0.15, 0.2) is 6.10 Å². The number of hydrogen-bond acceptors (Lipinski definition) is 2. The largest absolute Gasteiger partial charge is 1.00 e. The summed E-state index contributed by atoms with van der Waals surface area (Å²) >= 11 is 0. The topological polar surface area (TPSA) is 26.3 Å². The number of carbonyl (C=O) groups excluding carboxylic acids is 1. The fourth-order valence-electron chi connectivity index (χ4n) is 3.52. The minimum atomic E-state index is -0.0715. The van der Waals surface area contributed by atoms with Crippen LogP contribution in [0.2, 0.25) is 0 Å². The van der Waals surface area contributed by atoms with E-state index in [0.717, 1.165) is 54.2 Å². The summed E-state index contributed by atoms with van der Waals surface area (Å²) in [6.07, 6.45) is 28.1. The van der Waals surface area contributed by atoms with Gasteiger partial charge in [-0.1, -0.05) is 68.4 Å². The number of quaternary nitrogens is 2. The molecule has 4 nitrogen and oxygen atoms in total. The molecule has 0 aliphatic rings. The van der Waals surface area contributed by atoms with E-state index in [9.17, 15) is 4.79 Å². The number of likely N-dealkylation sites (N-methyl/N-ethyl adjacent to an activating group) is 2. The second-order valence-corrected chi connectivity index (χ2v) is 11.0. The van der Waals surface area contributed by atoms with E-state index in [1.165, 1.54) is 25.7 Å². The first kappa shape index (κ1) is 39.3. The van der Waals surface area contributed by atoms with Crippen molar-refractivity contribution in [3.05, 3.63) is 48.6 Å². The van der Waals surface area contributed by atoms with Crippen LogP contribution in [0.4, 0.5) is 0 Å². The second kappa shape index (κ2) is 24.2. The maximum Gasteiger partial charge on any atom is 0.306 e. The number of nitrogens with zero attached hydrogens (tertiary/aromatic N) is 2. The molecule has 0 aliphatic heterocycles. The van der Waals surface area contributed by atoms with Crippen LogP contribution in [-0.2, 0) is 9.53 Å². The maximum atomic E-state index is 12.3. The smallest absolute Gasteiger partial charge is 0.306 e. The van der Waals surface area contributed by atoms with Crippen molar-refractivity contribution in [3.8, 4) is 0 Å². The van der Waals surface area contributed by atoms with Crippen molar-refractivity contribution in [1.82, 2.24) is 0 Å². The van der Waals surface area contributed by atoms with E-state index >= 15 is 0 Å². The maximum absolute atomic E-state index is 12.3. The lowest BCUT2D eigenvalue weighted by molar-refractivity contribution is -0.895. The Bertz CT molecular complexity index is 599. The summed E-state index contributed by atoms with van der Waals surface area (Å²) in [7, 11) is 12.8. The van der Waals surface area contributed by atoms with Gasteiger partial charge in [0.1, 0.15) is 13.1 Å². The van der Waals surface area contributed by atoms with Crippen molar-refractivity contribution < 1.29 is 66.5 Å². The molecule has 6 heteroatoms. The summed E-state index contributed by atoms with van der Waals surface area (Å²) in [5.41, 5.74) is 0. The van der Waals surface area contributed by atoms with E-state index in [-0.39, 0.29) is 60.0 Å². The van der Waals surface area contributed by atoms with Crippen LogP contribution in [0.15, 0.2) is 48.6 Å². The van der Waals surface area contributed by atoms with E-state index in [0.29, 0.717) is 6.42 Å². The third-order valence-electron chi connectivity index (χ3n) is 5.01. The van der Waals surface area contributed by atoms with Crippen molar-refractivity contribution >= 4 is 5.97 Å². The Balaban J connectivity index is -0.00000512. The molecule has 35 heavy (non-hydrogen) atoms. The zero-order valence-corrected chi connectivity index (χ0v) is 28.0. The van der Waals surface area contributed by atoms with E-state index < -0.39 is 0 Å². The van der Waals surface area contributed by atoms with E-state index in [4.69, 9.17) is 4.74 Å². The van der Waals surface area contributed by atoms with Crippen LogP contribution in [-0.4, -0.2) is 76.4 Å². The van der Waals surface area contributed by atoms with Crippen LogP contribution < -0.4 is 48.0 Å². The molecule has 0 unspecified atom stereocenters.